The molecule has 4 rings (SSSR count). The minimum absolute atomic E-state index is 0.0117. The van der Waals surface area contributed by atoms with Gasteiger partial charge >= 0.3 is 0 Å². The lowest BCUT2D eigenvalue weighted by atomic mass is 9.79. The van der Waals surface area contributed by atoms with Gasteiger partial charge in [-0.1, -0.05) is 41.4 Å². The first-order valence-electron chi connectivity index (χ1n) is 9.80. The molecule has 3 atom stereocenters. The Bertz CT molecular complexity index is 1030. The highest BCUT2D eigenvalue weighted by Gasteiger charge is 2.60. The minimum Gasteiger partial charge on any atom is -0.495 e. The van der Waals surface area contributed by atoms with E-state index >= 15 is 0 Å². The highest BCUT2D eigenvalue weighted by atomic mass is 79.9. The van der Waals surface area contributed by atoms with Crippen LogP contribution in [-0.2, 0) is 15.1 Å². The first kappa shape index (κ1) is 21.2. The Morgan fingerprint density at radius 3 is 2.77 bits per heavy atom. The van der Waals surface area contributed by atoms with Gasteiger partial charge in [0, 0.05) is 26.8 Å². The summed E-state index contributed by atoms with van der Waals surface area (Å²) in [5.74, 6) is -0.313. The van der Waals surface area contributed by atoms with E-state index in [0.29, 0.717) is 22.9 Å². The van der Waals surface area contributed by atoms with Gasteiger partial charge in [-0.15, -0.1) is 0 Å². The Morgan fingerprint density at radius 1 is 1.30 bits per heavy atom. The molecule has 2 aliphatic heterocycles. The first-order chi connectivity index (χ1) is 14.3. The van der Waals surface area contributed by atoms with Gasteiger partial charge in [-0.3, -0.25) is 14.9 Å². The predicted octanol–water partition coefficient (Wildman–Crippen LogP) is 4.53. The Labute approximate surface area is 188 Å². The molecule has 0 bridgehead atoms. The number of benzene rings is 2. The van der Waals surface area contributed by atoms with E-state index in [9.17, 15) is 9.59 Å². The minimum atomic E-state index is -1.13. The number of ether oxygens (including phenoxy) is 1. The van der Waals surface area contributed by atoms with Crippen molar-refractivity contribution in [2.24, 2.45) is 11.8 Å². The third-order valence-electron chi connectivity index (χ3n) is 5.98. The molecule has 1 spiro atoms. The van der Waals surface area contributed by atoms with Gasteiger partial charge in [-0.2, -0.15) is 0 Å². The van der Waals surface area contributed by atoms with E-state index in [1.165, 1.54) is 7.11 Å². The molecular formula is C22H23BrClN3O3. The van der Waals surface area contributed by atoms with Crippen LogP contribution in [0.3, 0.4) is 0 Å². The van der Waals surface area contributed by atoms with Gasteiger partial charge in [0.2, 0.25) is 11.8 Å². The van der Waals surface area contributed by atoms with Crippen LogP contribution in [0.1, 0.15) is 25.8 Å². The normalized spacial score (nSPS) is 24.8. The van der Waals surface area contributed by atoms with Crippen molar-refractivity contribution in [2.75, 3.05) is 17.7 Å². The fraction of sp³-hybridized carbons (Fsp3) is 0.364. The lowest BCUT2D eigenvalue weighted by molar-refractivity contribution is -0.130. The van der Waals surface area contributed by atoms with Crippen molar-refractivity contribution in [1.82, 2.24) is 5.32 Å². The molecule has 0 aromatic heterocycles. The first-order valence-corrected chi connectivity index (χ1v) is 11.0. The summed E-state index contributed by atoms with van der Waals surface area (Å²) in [4.78, 5) is 26.8. The van der Waals surface area contributed by atoms with Crippen molar-refractivity contribution in [2.45, 2.75) is 31.8 Å². The van der Waals surface area contributed by atoms with E-state index in [2.05, 4.69) is 45.7 Å². The zero-order valence-corrected chi connectivity index (χ0v) is 19.2. The molecule has 6 nitrogen and oxygen atoms in total. The molecule has 0 unspecified atom stereocenters. The number of hydrogen-bond acceptors (Lipinski definition) is 4. The number of amides is 2. The molecule has 0 aliphatic carbocycles. The fourth-order valence-corrected chi connectivity index (χ4v) is 4.94. The van der Waals surface area contributed by atoms with Crippen LogP contribution in [0.2, 0.25) is 5.02 Å². The Morgan fingerprint density at radius 2 is 2.07 bits per heavy atom. The van der Waals surface area contributed by atoms with Gasteiger partial charge in [-0.25, -0.2) is 0 Å². The molecule has 2 amide bonds. The van der Waals surface area contributed by atoms with E-state index in [-0.39, 0.29) is 23.8 Å². The lowest BCUT2D eigenvalue weighted by Crippen LogP contribution is -2.52. The second-order valence-electron chi connectivity index (χ2n) is 8.07. The summed E-state index contributed by atoms with van der Waals surface area (Å²) in [7, 11) is 1.53. The molecule has 0 saturated carbocycles. The summed E-state index contributed by atoms with van der Waals surface area (Å²) in [6.45, 7) is 4.17. The number of hydrogen-bond donors (Lipinski definition) is 3. The second kappa shape index (κ2) is 7.87. The highest BCUT2D eigenvalue weighted by molar-refractivity contribution is 9.10. The van der Waals surface area contributed by atoms with Crippen molar-refractivity contribution in [1.29, 1.82) is 0 Å². The van der Waals surface area contributed by atoms with Crippen LogP contribution >= 0.6 is 27.5 Å². The zero-order chi connectivity index (χ0) is 21.6. The van der Waals surface area contributed by atoms with Crippen LogP contribution in [0.15, 0.2) is 40.9 Å². The summed E-state index contributed by atoms with van der Waals surface area (Å²) in [6.07, 6.45) is 0.533. The van der Waals surface area contributed by atoms with E-state index in [4.69, 9.17) is 16.3 Å². The van der Waals surface area contributed by atoms with Crippen LogP contribution in [0.5, 0.6) is 5.75 Å². The fourth-order valence-electron chi connectivity index (χ4n) is 4.41. The number of methoxy groups -OCH3 is 1. The van der Waals surface area contributed by atoms with Crippen LogP contribution < -0.4 is 20.7 Å². The van der Waals surface area contributed by atoms with Gasteiger partial charge in [0.25, 0.3) is 0 Å². The highest BCUT2D eigenvalue weighted by Crippen LogP contribution is 2.49. The lowest BCUT2D eigenvalue weighted by Gasteiger charge is -2.30. The number of halogens is 2. The maximum absolute atomic E-state index is 13.5. The maximum atomic E-state index is 13.5. The largest absolute Gasteiger partial charge is 0.495 e. The van der Waals surface area contributed by atoms with Crippen LogP contribution in [0, 0.1) is 11.8 Å². The number of carbonyl (C=O) groups excluding carboxylic acids is 2. The Hall–Kier alpha value is -2.09. The topological polar surface area (TPSA) is 79.5 Å². The van der Waals surface area contributed by atoms with Crippen LogP contribution in [0.25, 0.3) is 0 Å². The van der Waals surface area contributed by atoms with Crippen molar-refractivity contribution < 1.29 is 14.3 Å². The number of carbonyl (C=O) groups is 2. The summed E-state index contributed by atoms with van der Waals surface area (Å²) >= 11 is 9.62. The van der Waals surface area contributed by atoms with Crippen molar-refractivity contribution >= 4 is 50.7 Å². The summed E-state index contributed by atoms with van der Waals surface area (Å²) in [5.41, 5.74) is 0.844. The summed E-state index contributed by atoms with van der Waals surface area (Å²) < 4.78 is 6.21. The van der Waals surface area contributed by atoms with E-state index in [1.54, 1.807) is 18.2 Å². The standard InChI is InChI=1S/C22H23BrClN3O3/c1-11(2)17-10-15(20(28)25-18-9-13(24)5-7-19(18)30-3)22(27-17)14-8-12(23)4-6-16(14)26-21(22)29/h4-9,11,15,17,27H,10H2,1-3H3,(H,25,28)(H,26,29)/t15-,17+,22+/m1/s1. The van der Waals surface area contributed by atoms with Crippen LogP contribution in [0.4, 0.5) is 11.4 Å². The zero-order valence-electron chi connectivity index (χ0n) is 16.9. The van der Waals surface area contributed by atoms with Gasteiger partial charge < -0.3 is 15.4 Å². The molecule has 1 saturated heterocycles. The molecule has 8 heteroatoms. The average molecular weight is 493 g/mol. The third kappa shape index (κ3) is 3.39. The molecule has 2 aliphatic rings. The summed E-state index contributed by atoms with van der Waals surface area (Å²) in [6, 6.07) is 10.7. The molecule has 2 heterocycles. The number of rotatable bonds is 4. The molecule has 2 aromatic carbocycles. The van der Waals surface area contributed by atoms with Gasteiger partial charge in [0.15, 0.2) is 0 Å². The van der Waals surface area contributed by atoms with Gasteiger partial charge in [0.1, 0.15) is 11.3 Å². The van der Waals surface area contributed by atoms with Crippen molar-refractivity contribution in [3.05, 3.63) is 51.5 Å². The SMILES string of the molecule is COc1ccc(Cl)cc1NC(=O)[C@H]1C[C@@H](C(C)C)N[C@]12C(=O)Nc1ccc(Br)cc12. The number of nitrogens with one attached hydrogen (secondary N) is 3. The second-order valence-corrected chi connectivity index (χ2v) is 9.42. The molecule has 0 radical (unpaired) electrons. The maximum Gasteiger partial charge on any atom is 0.250 e. The number of anilines is 2. The molecular weight excluding hydrogens is 470 g/mol. The molecule has 2 aromatic rings. The Balaban J connectivity index is 1.76. The molecule has 158 valence electrons. The summed E-state index contributed by atoms with van der Waals surface area (Å²) in [5, 5.41) is 9.88. The monoisotopic (exact) mass is 491 g/mol. The molecule has 30 heavy (non-hydrogen) atoms. The van der Waals surface area contributed by atoms with Gasteiger partial charge in [-0.05, 0) is 48.7 Å². The third-order valence-corrected chi connectivity index (χ3v) is 6.71. The van der Waals surface area contributed by atoms with Crippen LogP contribution in [-0.4, -0.2) is 25.0 Å². The van der Waals surface area contributed by atoms with E-state index < -0.39 is 11.5 Å². The van der Waals surface area contributed by atoms with Crippen molar-refractivity contribution in [3.63, 3.8) is 0 Å². The molecule has 3 N–H and O–H groups in total. The quantitative estimate of drug-likeness (QED) is 0.586. The van der Waals surface area contributed by atoms with E-state index in [1.807, 2.05) is 18.2 Å². The predicted molar refractivity (Wildman–Crippen MR) is 121 cm³/mol. The van der Waals surface area contributed by atoms with Crippen molar-refractivity contribution in [3.8, 4) is 5.75 Å². The Kier molecular flexibility index (Phi) is 5.55. The molecule has 1 fully saturated rings. The smallest absolute Gasteiger partial charge is 0.250 e. The van der Waals surface area contributed by atoms with Gasteiger partial charge in [0.05, 0.1) is 18.7 Å². The number of fused-ring (bicyclic) bond motifs is 2. The average Bonchev–Trinajstić information content (AvgIpc) is 3.23. The van der Waals surface area contributed by atoms with E-state index in [0.717, 1.165) is 15.7 Å².